The molecule has 2 aliphatic carbocycles. The SMILES string of the molecule is CNC(CCCC1CCCO1)C1CCC2CCCCC2C1. The zero-order chi connectivity index (χ0) is 14.5. The Hall–Kier alpha value is -0.0800. The molecule has 2 saturated carbocycles. The van der Waals surface area contributed by atoms with Crippen LogP contribution in [-0.2, 0) is 4.74 Å². The predicted octanol–water partition coefficient (Wildman–Crippen LogP) is 4.53. The number of rotatable bonds is 6. The summed E-state index contributed by atoms with van der Waals surface area (Å²) >= 11 is 0. The Morgan fingerprint density at radius 3 is 2.62 bits per heavy atom. The van der Waals surface area contributed by atoms with Crippen molar-refractivity contribution in [2.45, 2.75) is 89.2 Å². The first-order valence-corrected chi connectivity index (χ1v) is 9.65. The van der Waals surface area contributed by atoms with Gasteiger partial charge in [-0.2, -0.15) is 0 Å². The third kappa shape index (κ3) is 4.22. The maximum absolute atomic E-state index is 5.76. The van der Waals surface area contributed by atoms with Crippen molar-refractivity contribution in [2.75, 3.05) is 13.7 Å². The van der Waals surface area contributed by atoms with Crippen LogP contribution < -0.4 is 5.32 Å². The van der Waals surface area contributed by atoms with Gasteiger partial charge in [-0.15, -0.1) is 0 Å². The molecule has 3 aliphatic rings. The van der Waals surface area contributed by atoms with Crippen LogP contribution in [0, 0.1) is 17.8 Å². The molecule has 0 aromatic rings. The zero-order valence-corrected chi connectivity index (χ0v) is 14.0. The summed E-state index contributed by atoms with van der Waals surface area (Å²) in [7, 11) is 2.18. The number of hydrogen-bond acceptors (Lipinski definition) is 2. The Bertz CT molecular complexity index is 300. The summed E-state index contributed by atoms with van der Waals surface area (Å²) in [6, 6.07) is 0.759. The van der Waals surface area contributed by atoms with Gasteiger partial charge in [-0.05, 0) is 76.2 Å². The summed E-state index contributed by atoms with van der Waals surface area (Å²) < 4.78 is 5.76. The Kier molecular flexibility index (Phi) is 5.99. The highest BCUT2D eigenvalue weighted by Crippen LogP contribution is 2.44. The topological polar surface area (TPSA) is 21.3 Å². The van der Waals surface area contributed by atoms with E-state index in [1.54, 1.807) is 0 Å². The second-order valence-electron chi connectivity index (χ2n) is 7.84. The first kappa shape index (κ1) is 15.8. The van der Waals surface area contributed by atoms with Crippen molar-refractivity contribution >= 4 is 0 Å². The number of hydrogen-bond donors (Lipinski definition) is 1. The third-order valence-corrected chi connectivity index (χ3v) is 6.59. The second kappa shape index (κ2) is 7.97. The first-order valence-electron chi connectivity index (χ1n) is 9.65. The molecule has 2 nitrogen and oxygen atoms in total. The Morgan fingerprint density at radius 2 is 1.86 bits per heavy atom. The molecule has 1 aliphatic heterocycles. The highest BCUT2D eigenvalue weighted by atomic mass is 16.5. The molecule has 0 spiro atoms. The van der Waals surface area contributed by atoms with E-state index < -0.39 is 0 Å². The van der Waals surface area contributed by atoms with E-state index in [0.29, 0.717) is 6.10 Å². The lowest BCUT2D eigenvalue weighted by Gasteiger charge is -2.42. The minimum absolute atomic E-state index is 0.580. The zero-order valence-electron chi connectivity index (χ0n) is 14.0. The lowest BCUT2D eigenvalue weighted by molar-refractivity contribution is 0.0931. The van der Waals surface area contributed by atoms with Gasteiger partial charge in [0, 0.05) is 12.6 Å². The molecular formula is C19H35NO. The molecule has 122 valence electrons. The molecule has 1 saturated heterocycles. The van der Waals surface area contributed by atoms with Crippen LogP contribution in [-0.4, -0.2) is 25.8 Å². The molecule has 21 heavy (non-hydrogen) atoms. The van der Waals surface area contributed by atoms with Gasteiger partial charge in [-0.25, -0.2) is 0 Å². The first-order chi connectivity index (χ1) is 10.4. The average molecular weight is 293 g/mol. The normalized spacial score (nSPS) is 38.1. The van der Waals surface area contributed by atoms with Gasteiger partial charge in [0.2, 0.25) is 0 Å². The van der Waals surface area contributed by atoms with Crippen molar-refractivity contribution in [3.05, 3.63) is 0 Å². The highest BCUT2D eigenvalue weighted by molar-refractivity contribution is 4.88. The molecule has 0 aromatic carbocycles. The molecule has 2 heteroatoms. The molecule has 5 unspecified atom stereocenters. The van der Waals surface area contributed by atoms with Gasteiger partial charge >= 0.3 is 0 Å². The van der Waals surface area contributed by atoms with Crippen LogP contribution in [0.2, 0.25) is 0 Å². The van der Waals surface area contributed by atoms with Crippen molar-refractivity contribution in [1.82, 2.24) is 5.32 Å². The molecule has 3 fully saturated rings. The Balaban J connectivity index is 1.42. The van der Waals surface area contributed by atoms with E-state index in [-0.39, 0.29) is 0 Å². The van der Waals surface area contributed by atoms with E-state index in [1.165, 1.54) is 77.0 Å². The smallest absolute Gasteiger partial charge is 0.0576 e. The van der Waals surface area contributed by atoms with Gasteiger partial charge in [-0.1, -0.05) is 25.7 Å². The molecule has 0 aromatic heterocycles. The summed E-state index contributed by atoms with van der Waals surface area (Å²) in [4.78, 5) is 0. The van der Waals surface area contributed by atoms with Crippen molar-refractivity contribution in [3.8, 4) is 0 Å². The summed E-state index contributed by atoms with van der Waals surface area (Å²) in [6.07, 6.45) is 17.7. The number of fused-ring (bicyclic) bond motifs is 1. The largest absolute Gasteiger partial charge is 0.378 e. The van der Waals surface area contributed by atoms with E-state index in [9.17, 15) is 0 Å². The lowest BCUT2D eigenvalue weighted by Crippen LogP contribution is -2.39. The van der Waals surface area contributed by atoms with Crippen molar-refractivity contribution in [2.24, 2.45) is 17.8 Å². The van der Waals surface area contributed by atoms with Crippen LogP contribution in [0.4, 0.5) is 0 Å². The fourth-order valence-electron chi connectivity index (χ4n) is 5.33. The fourth-order valence-corrected chi connectivity index (χ4v) is 5.33. The minimum Gasteiger partial charge on any atom is -0.378 e. The standard InChI is InChI=1S/C19H35NO/c1-20-19(10-4-8-18-9-5-13-21-18)17-12-11-15-6-2-3-7-16(15)14-17/h15-20H,2-14H2,1H3. The molecule has 0 radical (unpaired) electrons. The van der Waals surface area contributed by atoms with Crippen molar-refractivity contribution in [3.63, 3.8) is 0 Å². The number of ether oxygens (including phenoxy) is 1. The van der Waals surface area contributed by atoms with E-state index in [4.69, 9.17) is 4.74 Å². The highest BCUT2D eigenvalue weighted by Gasteiger charge is 2.34. The van der Waals surface area contributed by atoms with Crippen LogP contribution in [0.3, 0.4) is 0 Å². The molecular weight excluding hydrogens is 258 g/mol. The Morgan fingerprint density at radius 1 is 1.00 bits per heavy atom. The molecule has 1 N–H and O–H groups in total. The van der Waals surface area contributed by atoms with Gasteiger partial charge in [0.25, 0.3) is 0 Å². The Labute approximate surface area is 131 Å². The quantitative estimate of drug-likeness (QED) is 0.777. The van der Waals surface area contributed by atoms with Crippen LogP contribution in [0.5, 0.6) is 0 Å². The summed E-state index contributed by atoms with van der Waals surface area (Å²) in [6.45, 7) is 1.01. The molecule has 1 heterocycles. The molecule has 0 bridgehead atoms. The van der Waals surface area contributed by atoms with Gasteiger partial charge < -0.3 is 10.1 Å². The van der Waals surface area contributed by atoms with Crippen LogP contribution in [0.1, 0.15) is 77.0 Å². The average Bonchev–Trinajstić information content (AvgIpc) is 3.04. The van der Waals surface area contributed by atoms with Gasteiger partial charge in [0.1, 0.15) is 0 Å². The minimum atomic E-state index is 0.580. The fraction of sp³-hybridized carbons (Fsp3) is 1.00. The van der Waals surface area contributed by atoms with E-state index in [2.05, 4.69) is 12.4 Å². The summed E-state index contributed by atoms with van der Waals surface area (Å²) in [5.41, 5.74) is 0. The van der Waals surface area contributed by atoms with Gasteiger partial charge in [0.05, 0.1) is 6.10 Å². The van der Waals surface area contributed by atoms with E-state index >= 15 is 0 Å². The summed E-state index contributed by atoms with van der Waals surface area (Å²) in [5.74, 6) is 3.09. The lowest BCUT2D eigenvalue weighted by atomic mass is 9.65. The van der Waals surface area contributed by atoms with Crippen LogP contribution >= 0.6 is 0 Å². The molecule has 3 rings (SSSR count). The van der Waals surface area contributed by atoms with E-state index in [1.807, 2.05) is 0 Å². The van der Waals surface area contributed by atoms with Crippen LogP contribution in [0.15, 0.2) is 0 Å². The van der Waals surface area contributed by atoms with Gasteiger partial charge in [0.15, 0.2) is 0 Å². The molecule has 0 amide bonds. The van der Waals surface area contributed by atoms with Crippen molar-refractivity contribution < 1.29 is 4.74 Å². The maximum atomic E-state index is 5.76. The number of nitrogens with one attached hydrogen (secondary N) is 1. The molecule has 5 atom stereocenters. The predicted molar refractivity (Wildman–Crippen MR) is 88.5 cm³/mol. The maximum Gasteiger partial charge on any atom is 0.0576 e. The third-order valence-electron chi connectivity index (χ3n) is 6.59. The van der Waals surface area contributed by atoms with Crippen LogP contribution in [0.25, 0.3) is 0 Å². The van der Waals surface area contributed by atoms with Crippen molar-refractivity contribution in [1.29, 1.82) is 0 Å². The van der Waals surface area contributed by atoms with Gasteiger partial charge in [-0.3, -0.25) is 0 Å². The monoisotopic (exact) mass is 293 g/mol. The summed E-state index contributed by atoms with van der Waals surface area (Å²) in [5, 5.41) is 3.65. The second-order valence-corrected chi connectivity index (χ2v) is 7.84. The van der Waals surface area contributed by atoms with E-state index in [0.717, 1.165) is 30.4 Å².